The van der Waals surface area contributed by atoms with Crippen LogP contribution in [0.3, 0.4) is 0 Å². The highest BCUT2D eigenvalue weighted by molar-refractivity contribution is 5.81. The molecule has 1 N–H and O–H groups in total. The van der Waals surface area contributed by atoms with Crippen LogP contribution < -0.4 is 5.32 Å². The molecule has 0 aliphatic carbocycles. The summed E-state index contributed by atoms with van der Waals surface area (Å²) in [6, 6.07) is 10.3. The Morgan fingerprint density at radius 3 is 2.65 bits per heavy atom. The van der Waals surface area contributed by atoms with Crippen LogP contribution in [0.25, 0.3) is 10.9 Å². The van der Waals surface area contributed by atoms with Crippen LogP contribution in [0.2, 0.25) is 0 Å². The Labute approximate surface area is 121 Å². The molecule has 0 aliphatic rings. The zero-order chi connectivity index (χ0) is 14.6. The molecule has 108 valence electrons. The third-order valence-electron chi connectivity index (χ3n) is 3.29. The number of hydrogen-bond acceptors (Lipinski definition) is 3. The molecule has 0 atom stereocenters. The standard InChI is InChI=1S/C17H24N2O/c1-17(2,3)9-10-20-12-14-11-13-7-5-6-8-15(13)19-16(14)18-4/h5-8,11H,9-10,12H2,1-4H3,(H,18,19). The Balaban J connectivity index is 2.08. The molecule has 0 bridgehead atoms. The van der Waals surface area contributed by atoms with Crippen molar-refractivity contribution >= 4 is 16.7 Å². The van der Waals surface area contributed by atoms with Crippen molar-refractivity contribution in [1.82, 2.24) is 4.98 Å². The fourth-order valence-electron chi connectivity index (χ4n) is 2.05. The Morgan fingerprint density at radius 1 is 1.20 bits per heavy atom. The molecule has 0 fully saturated rings. The number of nitrogens with one attached hydrogen (secondary N) is 1. The first kappa shape index (κ1) is 14.8. The first-order valence-electron chi connectivity index (χ1n) is 7.14. The quantitative estimate of drug-likeness (QED) is 0.827. The number of pyridine rings is 1. The molecule has 0 saturated carbocycles. The van der Waals surface area contributed by atoms with Crippen LogP contribution in [0.4, 0.5) is 5.82 Å². The Morgan fingerprint density at radius 2 is 1.95 bits per heavy atom. The fourth-order valence-corrected chi connectivity index (χ4v) is 2.05. The molecule has 0 amide bonds. The van der Waals surface area contributed by atoms with Crippen molar-refractivity contribution in [2.45, 2.75) is 33.8 Å². The number of para-hydroxylation sites is 1. The minimum Gasteiger partial charge on any atom is -0.377 e. The van der Waals surface area contributed by atoms with E-state index in [0.717, 1.165) is 35.3 Å². The Hall–Kier alpha value is -1.61. The van der Waals surface area contributed by atoms with Crippen LogP contribution in [-0.4, -0.2) is 18.6 Å². The average molecular weight is 272 g/mol. The lowest BCUT2D eigenvalue weighted by Crippen LogP contribution is -2.10. The molecule has 0 aliphatic heterocycles. The highest BCUT2D eigenvalue weighted by atomic mass is 16.5. The van der Waals surface area contributed by atoms with Gasteiger partial charge in [-0.3, -0.25) is 0 Å². The molecule has 0 saturated heterocycles. The van der Waals surface area contributed by atoms with Gasteiger partial charge in [0.25, 0.3) is 0 Å². The molecule has 1 aromatic carbocycles. The van der Waals surface area contributed by atoms with Crippen LogP contribution in [0.5, 0.6) is 0 Å². The number of benzene rings is 1. The van der Waals surface area contributed by atoms with Crippen LogP contribution in [0.1, 0.15) is 32.8 Å². The lowest BCUT2D eigenvalue weighted by Gasteiger charge is -2.18. The summed E-state index contributed by atoms with van der Waals surface area (Å²) in [6.07, 6.45) is 1.06. The molecule has 3 nitrogen and oxygen atoms in total. The number of ether oxygens (including phenoxy) is 1. The van der Waals surface area contributed by atoms with Crippen molar-refractivity contribution in [2.75, 3.05) is 19.0 Å². The lowest BCUT2D eigenvalue weighted by atomic mass is 9.93. The van der Waals surface area contributed by atoms with Gasteiger partial charge in [-0.15, -0.1) is 0 Å². The van der Waals surface area contributed by atoms with E-state index in [2.05, 4.69) is 43.2 Å². The number of aromatic nitrogens is 1. The highest BCUT2D eigenvalue weighted by Gasteiger charge is 2.10. The van der Waals surface area contributed by atoms with Crippen LogP contribution >= 0.6 is 0 Å². The summed E-state index contributed by atoms with van der Waals surface area (Å²) in [5, 5.41) is 4.31. The normalized spacial score (nSPS) is 11.8. The molecule has 2 rings (SSSR count). The van der Waals surface area contributed by atoms with Gasteiger partial charge in [-0.25, -0.2) is 4.98 Å². The van der Waals surface area contributed by atoms with Gasteiger partial charge in [0.2, 0.25) is 0 Å². The lowest BCUT2D eigenvalue weighted by molar-refractivity contribution is 0.0965. The van der Waals surface area contributed by atoms with Gasteiger partial charge < -0.3 is 10.1 Å². The summed E-state index contributed by atoms with van der Waals surface area (Å²) in [5.41, 5.74) is 2.43. The third-order valence-corrected chi connectivity index (χ3v) is 3.29. The van der Waals surface area contributed by atoms with Gasteiger partial charge >= 0.3 is 0 Å². The summed E-state index contributed by atoms with van der Waals surface area (Å²) in [4.78, 5) is 4.63. The predicted octanol–water partition coefficient (Wildman–Crippen LogP) is 4.23. The molecule has 1 aromatic heterocycles. The second-order valence-electron chi connectivity index (χ2n) is 6.30. The number of fused-ring (bicyclic) bond motifs is 1. The van der Waals surface area contributed by atoms with Gasteiger partial charge in [0, 0.05) is 24.6 Å². The van der Waals surface area contributed by atoms with E-state index in [1.165, 1.54) is 0 Å². The first-order chi connectivity index (χ1) is 9.49. The molecule has 0 unspecified atom stereocenters. The van der Waals surface area contributed by atoms with Gasteiger partial charge in [0.05, 0.1) is 12.1 Å². The second kappa shape index (κ2) is 6.23. The Bertz CT molecular complexity index is 573. The van der Waals surface area contributed by atoms with Crippen LogP contribution in [-0.2, 0) is 11.3 Å². The maximum Gasteiger partial charge on any atom is 0.131 e. The number of nitrogens with zero attached hydrogens (tertiary/aromatic N) is 1. The van der Waals surface area contributed by atoms with Crippen molar-refractivity contribution in [3.8, 4) is 0 Å². The summed E-state index contributed by atoms with van der Waals surface area (Å²) in [6.45, 7) is 8.07. The van der Waals surface area contributed by atoms with Crippen LogP contribution in [0.15, 0.2) is 30.3 Å². The van der Waals surface area contributed by atoms with Gasteiger partial charge in [-0.2, -0.15) is 0 Å². The van der Waals surface area contributed by atoms with Gasteiger partial charge in [0.15, 0.2) is 0 Å². The number of rotatable bonds is 5. The maximum atomic E-state index is 5.81. The van der Waals surface area contributed by atoms with Gasteiger partial charge in [-0.1, -0.05) is 39.0 Å². The minimum atomic E-state index is 0.313. The molecular formula is C17H24N2O. The summed E-state index contributed by atoms with van der Waals surface area (Å²) in [5.74, 6) is 0.902. The maximum absolute atomic E-state index is 5.81. The van der Waals surface area contributed by atoms with E-state index in [0.29, 0.717) is 12.0 Å². The predicted molar refractivity (Wildman–Crippen MR) is 85.0 cm³/mol. The minimum absolute atomic E-state index is 0.313. The SMILES string of the molecule is CNc1nc2ccccc2cc1COCCC(C)(C)C. The third kappa shape index (κ3) is 3.94. The molecule has 2 aromatic rings. The van der Waals surface area contributed by atoms with E-state index in [4.69, 9.17) is 4.74 Å². The van der Waals surface area contributed by atoms with E-state index in [9.17, 15) is 0 Å². The second-order valence-corrected chi connectivity index (χ2v) is 6.30. The molecular weight excluding hydrogens is 248 g/mol. The van der Waals surface area contributed by atoms with Gasteiger partial charge in [-0.05, 0) is 24.0 Å². The first-order valence-corrected chi connectivity index (χ1v) is 7.14. The monoisotopic (exact) mass is 272 g/mol. The topological polar surface area (TPSA) is 34.2 Å². The van der Waals surface area contributed by atoms with Crippen molar-refractivity contribution in [1.29, 1.82) is 0 Å². The van der Waals surface area contributed by atoms with E-state index < -0.39 is 0 Å². The van der Waals surface area contributed by atoms with Crippen LogP contribution in [0, 0.1) is 5.41 Å². The molecule has 0 radical (unpaired) electrons. The van der Waals surface area contributed by atoms with Crippen molar-refractivity contribution in [3.63, 3.8) is 0 Å². The fraction of sp³-hybridized carbons (Fsp3) is 0.471. The Kier molecular flexibility index (Phi) is 4.61. The number of anilines is 1. The molecule has 1 heterocycles. The van der Waals surface area contributed by atoms with E-state index in [1.54, 1.807) is 0 Å². The van der Waals surface area contributed by atoms with Crippen molar-refractivity contribution in [2.24, 2.45) is 5.41 Å². The molecule has 0 spiro atoms. The molecule has 3 heteroatoms. The van der Waals surface area contributed by atoms with Crippen molar-refractivity contribution < 1.29 is 4.74 Å². The summed E-state index contributed by atoms with van der Waals surface area (Å²) >= 11 is 0. The van der Waals surface area contributed by atoms with E-state index in [1.807, 2.05) is 25.2 Å². The highest BCUT2D eigenvalue weighted by Crippen LogP contribution is 2.22. The number of hydrogen-bond donors (Lipinski definition) is 1. The average Bonchev–Trinajstić information content (AvgIpc) is 2.41. The largest absolute Gasteiger partial charge is 0.377 e. The van der Waals surface area contributed by atoms with Gasteiger partial charge in [0.1, 0.15) is 5.82 Å². The smallest absolute Gasteiger partial charge is 0.131 e. The zero-order valence-corrected chi connectivity index (χ0v) is 12.9. The van der Waals surface area contributed by atoms with Crippen molar-refractivity contribution in [3.05, 3.63) is 35.9 Å². The summed E-state index contributed by atoms with van der Waals surface area (Å²) < 4.78 is 5.81. The van der Waals surface area contributed by atoms with E-state index >= 15 is 0 Å². The van der Waals surface area contributed by atoms with E-state index in [-0.39, 0.29) is 0 Å². The zero-order valence-electron chi connectivity index (χ0n) is 12.9. The summed E-state index contributed by atoms with van der Waals surface area (Å²) in [7, 11) is 1.90. The molecule has 20 heavy (non-hydrogen) atoms.